The van der Waals surface area contributed by atoms with E-state index in [0.717, 1.165) is 6.42 Å². The zero-order chi connectivity index (χ0) is 35.7. The van der Waals surface area contributed by atoms with Gasteiger partial charge >= 0.3 is 93.2 Å². The number of hydrogen-bond donors (Lipinski definition) is 0. The molecule has 270 valence electrons. The molecule has 1 fully saturated rings. The largest absolute Gasteiger partial charge is 1.00 e. The Morgan fingerprint density at radius 1 is 0.745 bits per heavy atom. The Morgan fingerprint density at radius 2 is 1.35 bits per heavy atom. The fourth-order valence-electron chi connectivity index (χ4n) is 8.00. The van der Waals surface area contributed by atoms with E-state index >= 15 is 0 Å². The minimum Gasteiger partial charge on any atom is -1.00 e. The van der Waals surface area contributed by atoms with E-state index in [2.05, 4.69) is 161 Å². The van der Waals surface area contributed by atoms with Crippen LogP contribution < -0.4 is 24.8 Å². The third-order valence-electron chi connectivity index (χ3n) is 10.8. The average molecular weight is 797 g/mol. The van der Waals surface area contributed by atoms with Crippen molar-refractivity contribution < 1.29 is 49.0 Å². The third kappa shape index (κ3) is 10.3. The van der Waals surface area contributed by atoms with Gasteiger partial charge in [0.15, 0.2) is 0 Å². The summed E-state index contributed by atoms with van der Waals surface area (Å²) in [5, 5.41) is 2.66. The summed E-state index contributed by atoms with van der Waals surface area (Å²) in [6.45, 7) is 25.1. The topological polar surface area (TPSA) is 0 Å². The quantitative estimate of drug-likeness (QED) is 0.164. The van der Waals surface area contributed by atoms with E-state index in [1.807, 2.05) is 0 Å². The first-order valence-electron chi connectivity index (χ1n) is 18.4. The SMILES string of the molecule is C[C](=[Zr+2])c1ccc2ccccc2c1.Cc1[c-]c2c(cc1C(C)(C)C)-c1cc(C(C)(C)C)c(C)cc1C2.Cc1cc(C2(C)CCCCC2)c[cH-]1.[Cl-].[Cl-]. The molecule has 0 N–H and O–H groups in total. The molecule has 2 aliphatic carbocycles. The van der Waals surface area contributed by atoms with Gasteiger partial charge in [0.2, 0.25) is 0 Å². The van der Waals surface area contributed by atoms with Gasteiger partial charge in [-0.15, -0.1) is 16.7 Å². The molecular weight excluding hydrogens is 739 g/mol. The second kappa shape index (κ2) is 17.3. The van der Waals surface area contributed by atoms with Crippen molar-refractivity contribution in [2.45, 2.75) is 131 Å². The molecule has 0 nitrogen and oxygen atoms in total. The Balaban J connectivity index is 0.000000216. The van der Waals surface area contributed by atoms with Crippen molar-refractivity contribution in [1.29, 1.82) is 0 Å². The van der Waals surface area contributed by atoms with Crippen LogP contribution in [0.4, 0.5) is 0 Å². The van der Waals surface area contributed by atoms with Crippen LogP contribution in [-0.4, -0.2) is 3.21 Å². The number of rotatable bonds is 2. The Bertz CT molecular complexity index is 1890. The molecule has 51 heavy (non-hydrogen) atoms. The molecule has 0 bridgehead atoms. The summed E-state index contributed by atoms with van der Waals surface area (Å²) in [4.78, 5) is 0. The van der Waals surface area contributed by atoms with E-state index in [4.69, 9.17) is 0 Å². The maximum absolute atomic E-state index is 3.69. The van der Waals surface area contributed by atoms with Crippen LogP contribution in [0, 0.1) is 26.8 Å². The van der Waals surface area contributed by atoms with Crippen LogP contribution in [0.1, 0.15) is 138 Å². The molecular formula is C48H58Cl2Zr-2. The molecule has 7 rings (SSSR count). The molecule has 0 heterocycles. The molecule has 0 saturated heterocycles. The normalized spacial score (nSPS) is 14.5. The molecule has 5 aromatic carbocycles. The van der Waals surface area contributed by atoms with Crippen LogP contribution >= 0.6 is 0 Å². The standard InChI is InChI=1S/C23H29.C13H19.C12H10.2ClH.Zr/c1-14-9-16-11-17-10-15(2)21(23(6,7)8)13-19(17)18(16)12-20(14)22(3,4)5;1-11-6-7-12(10-11)13(2)8-4-3-5-9-13;1-2-10-7-8-11-5-3-4-6-12(11)9-10;;;/h9,12-13H,11H2,1-8H3;6-7,10H,3-5,8-9H2,1-2H3;3-9H,1H3;2*1H;/q2*-1;;;;+2/p-2. The van der Waals surface area contributed by atoms with Gasteiger partial charge in [0.25, 0.3) is 0 Å². The molecule has 0 atom stereocenters. The van der Waals surface area contributed by atoms with E-state index in [-0.39, 0.29) is 35.6 Å². The summed E-state index contributed by atoms with van der Waals surface area (Å²) in [6.07, 6.45) is 8.07. The maximum Gasteiger partial charge on any atom is -0.0129 e. The molecule has 0 amide bonds. The Morgan fingerprint density at radius 3 is 1.92 bits per heavy atom. The molecule has 0 radical (unpaired) electrons. The van der Waals surface area contributed by atoms with Crippen molar-refractivity contribution >= 4 is 14.0 Å². The van der Waals surface area contributed by atoms with Crippen LogP contribution in [-0.2, 0) is 46.9 Å². The molecule has 0 unspecified atom stereocenters. The van der Waals surface area contributed by atoms with Gasteiger partial charge < -0.3 is 24.8 Å². The van der Waals surface area contributed by atoms with Crippen molar-refractivity contribution in [3.05, 3.63) is 135 Å². The zero-order valence-corrected chi connectivity index (χ0v) is 37.0. The van der Waals surface area contributed by atoms with Crippen LogP contribution in [0.5, 0.6) is 0 Å². The first kappa shape index (κ1) is 43.2. The van der Waals surface area contributed by atoms with Gasteiger partial charge in [0.1, 0.15) is 0 Å². The Hall–Kier alpha value is -2.18. The van der Waals surface area contributed by atoms with Crippen molar-refractivity contribution in [2.75, 3.05) is 0 Å². The van der Waals surface area contributed by atoms with Crippen molar-refractivity contribution in [1.82, 2.24) is 0 Å². The third-order valence-corrected chi connectivity index (χ3v) is 11.5. The van der Waals surface area contributed by atoms with Gasteiger partial charge in [0.05, 0.1) is 0 Å². The van der Waals surface area contributed by atoms with E-state index in [1.54, 1.807) is 5.56 Å². The monoisotopic (exact) mass is 794 g/mol. The predicted molar refractivity (Wildman–Crippen MR) is 211 cm³/mol. The summed E-state index contributed by atoms with van der Waals surface area (Å²) in [6, 6.07) is 33.0. The minimum absolute atomic E-state index is 0. The number of aryl methyl sites for hydroxylation is 3. The van der Waals surface area contributed by atoms with Crippen LogP contribution in [0.15, 0.2) is 78.9 Å². The smallest absolute Gasteiger partial charge is 0.0129 e. The molecule has 1 saturated carbocycles. The summed E-state index contributed by atoms with van der Waals surface area (Å²) < 4.78 is 1.46. The Labute approximate surface area is 337 Å². The van der Waals surface area contributed by atoms with Gasteiger partial charge in [-0.3, -0.25) is 0 Å². The minimum atomic E-state index is 0. The second-order valence-electron chi connectivity index (χ2n) is 17.2. The van der Waals surface area contributed by atoms with Crippen LogP contribution in [0.25, 0.3) is 21.9 Å². The first-order valence-corrected chi connectivity index (χ1v) is 19.7. The molecule has 2 aliphatic rings. The maximum atomic E-state index is 3.69. The fourth-order valence-corrected chi connectivity index (χ4v) is 8.39. The Kier molecular flexibility index (Phi) is 14.7. The zero-order valence-electron chi connectivity index (χ0n) is 33.0. The summed E-state index contributed by atoms with van der Waals surface area (Å²) in [5.41, 5.74) is 16.5. The molecule has 0 spiro atoms. The van der Waals surface area contributed by atoms with E-state index < -0.39 is 0 Å². The van der Waals surface area contributed by atoms with Crippen LogP contribution in [0.3, 0.4) is 0 Å². The summed E-state index contributed by atoms with van der Waals surface area (Å²) in [7, 11) is 0. The molecule has 0 aliphatic heterocycles. The van der Waals surface area contributed by atoms with Gasteiger partial charge in [-0.1, -0.05) is 123 Å². The predicted octanol–water partition coefficient (Wildman–Crippen LogP) is 7.14. The molecule has 0 aromatic heterocycles. The van der Waals surface area contributed by atoms with Crippen LogP contribution in [0.2, 0.25) is 0 Å². The summed E-state index contributed by atoms with van der Waals surface area (Å²) >= 11 is 1.50. The second-order valence-corrected chi connectivity index (χ2v) is 19.0. The number of fused-ring (bicyclic) bond motifs is 4. The molecule has 5 aromatic rings. The number of benzene rings is 4. The average Bonchev–Trinajstić information content (AvgIpc) is 3.62. The van der Waals surface area contributed by atoms with E-state index in [1.165, 1.54) is 126 Å². The number of hydrogen-bond acceptors (Lipinski definition) is 0. The van der Waals surface area contributed by atoms with Gasteiger partial charge in [0, 0.05) is 0 Å². The van der Waals surface area contributed by atoms with E-state index in [0.29, 0.717) is 5.41 Å². The van der Waals surface area contributed by atoms with Gasteiger partial charge in [-0.25, -0.2) is 6.07 Å². The molecule has 3 heteroatoms. The fraction of sp³-hybridized carbons (Fsp3) is 0.417. The number of halogens is 2. The first-order chi connectivity index (χ1) is 23.0. The van der Waals surface area contributed by atoms with Gasteiger partial charge in [-0.05, 0) is 35.4 Å². The van der Waals surface area contributed by atoms with Gasteiger partial charge in [-0.2, -0.15) is 41.0 Å². The van der Waals surface area contributed by atoms with E-state index in [9.17, 15) is 0 Å². The van der Waals surface area contributed by atoms with Crippen molar-refractivity contribution in [3.8, 4) is 11.1 Å². The summed E-state index contributed by atoms with van der Waals surface area (Å²) in [5.74, 6) is 0. The van der Waals surface area contributed by atoms with Crippen molar-refractivity contribution in [2.24, 2.45) is 0 Å². The van der Waals surface area contributed by atoms with Crippen molar-refractivity contribution in [3.63, 3.8) is 0 Å².